The number of likely N-dealkylation sites (N-methyl/N-ethyl adjacent to an activating group) is 1. The fourth-order valence-corrected chi connectivity index (χ4v) is 2.65. The smallest absolute Gasteiger partial charge is 0.254 e. The quantitative estimate of drug-likeness (QED) is 0.836. The van der Waals surface area contributed by atoms with Crippen LogP contribution in [0.2, 0.25) is 0 Å². The lowest BCUT2D eigenvalue weighted by molar-refractivity contribution is -0.133. The zero-order valence-corrected chi connectivity index (χ0v) is 14.4. The average molecular weight is 362 g/mol. The van der Waals surface area contributed by atoms with Gasteiger partial charge in [-0.1, -0.05) is 12.1 Å². The van der Waals surface area contributed by atoms with E-state index in [1.165, 1.54) is 23.1 Å². The molecule has 2 N–H and O–H groups in total. The summed E-state index contributed by atoms with van der Waals surface area (Å²) in [5, 5.41) is 5.41. The molecule has 24 heavy (non-hydrogen) atoms. The summed E-state index contributed by atoms with van der Waals surface area (Å²) >= 11 is 0. The van der Waals surface area contributed by atoms with Crippen LogP contribution in [-0.2, 0) is 4.79 Å². The monoisotopic (exact) mass is 361 g/mol. The van der Waals surface area contributed by atoms with E-state index >= 15 is 0 Å². The number of carbonyl (C=O) groups is 2. The molecule has 1 aromatic carbocycles. The molecule has 0 aliphatic carbocycles. The summed E-state index contributed by atoms with van der Waals surface area (Å²) in [6, 6.07) is 4.79. The molecular weight excluding hydrogens is 340 g/mol. The summed E-state index contributed by atoms with van der Waals surface area (Å²) in [5.74, 6) is -1.39. The predicted octanol–water partition coefficient (Wildman–Crippen LogP) is 1.52. The second-order valence-electron chi connectivity index (χ2n) is 5.68. The number of halogens is 3. The number of alkyl halides is 1. The van der Waals surface area contributed by atoms with Crippen LogP contribution in [0.1, 0.15) is 23.7 Å². The second kappa shape index (κ2) is 8.94. The molecule has 1 fully saturated rings. The number of likely N-dealkylation sites (tertiary alicyclic amines) is 1. The summed E-state index contributed by atoms with van der Waals surface area (Å²) in [4.78, 5) is 25.7. The van der Waals surface area contributed by atoms with E-state index in [9.17, 15) is 18.4 Å². The van der Waals surface area contributed by atoms with Gasteiger partial charge in [0.1, 0.15) is 12.0 Å². The average Bonchev–Trinajstić information content (AvgIpc) is 2.92. The minimum absolute atomic E-state index is 0. The molecule has 0 unspecified atom stereocenters. The molecule has 1 aromatic rings. The van der Waals surface area contributed by atoms with E-state index in [1.807, 2.05) is 0 Å². The van der Waals surface area contributed by atoms with Crippen molar-refractivity contribution in [3.63, 3.8) is 0 Å². The van der Waals surface area contributed by atoms with Gasteiger partial charge in [-0.3, -0.25) is 9.59 Å². The lowest BCUT2D eigenvalue weighted by Crippen LogP contribution is -2.49. The number of hydrogen-bond donors (Lipinski definition) is 2. The minimum Gasteiger partial charge on any atom is -0.350 e. The van der Waals surface area contributed by atoms with Crippen LogP contribution in [0.3, 0.4) is 0 Å². The Balaban J connectivity index is 0.00000288. The van der Waals surface area contributed by atoms with E-state index in [4.69, 9.17) is 0 Å². The van der Waals surface area contributed by atoms with Gasteiger partial charge in [0.2, 0.25) is 5.91 Å². The predicted molar refractivity (Wildman–Crippen MR) is 89.5 cm³/mol. The maximum atomic E-state index is 13.7. The van der Waals surface area contributed by atoms with Gasteiger partial charge < -0.3 is 15.5 Å². The zero-order chi connectivity index (χ0) is 17.0. The zero-order valence-electron chi connectivity index (χ0n) is 13.6. The summed E-state index contributed by atoms with van der Waals surface area (Å²) in [6.45, 7) is 1.81. The SMILES string of the molecule is CN[C@@H](C)C(=O)N1C[C@@H](F)C[C@H]1CNC(=O)c1ccccc1F.Cl. The number of carbonyl (C=O) groups excluding carboxylic acids is 2. The highest BCUT2D eigenvalue weighted by Gasteiger charge is 2.36. The van der Waals surface area contributed by atoms with Crippen LogP contribution in [0.5, 0.6) is 0 Å². The Labute approximate surface area is 146 Å². The summed E-state index contributed by atoms with van der Waals surface area (Å²) in [5.41, 5.74) is -0.0660. The topological polar surface area (TPSA) is 61.4 Å². The van der Waals surface area contributed by atoms with Gasteiger partial charge in [-0.05, 0) is 26.1 Å². The van der Waals surface area contributed by atoms with Crippen molar-refractivity contribution in [1.29, 1.82) is 0 Å². The Hall–Kier alpha value is -1.73. The maximum absolute atomic E-state index is 13.7. The number of amides is 2. The van der Waals surface area contributed by atoms with Crippen molar-refractivity contribution < 1.29 is 18.4 Å². The van der Waals surface area contributed by atoms with Gasteiger partial charge in [0.05, 0.1) is 24.2 Å². The normalized spacial score (nSPS) is 21.1. The van der Waals surface area contributed by atoms with Crippen molar-refractivity contribution in [3.8, 4) is 0 Å². The van der Waals surface area contributed by atoms with Gasteiger partial charge in [0, 0.05) is 13.0 Å². The summed E-state index contributed by atoms with van der Waals surface area (Å²) < 4.78 is 27.2. The lowest BCUT2D eigenvalue weighted by atomic mass is 10.1. The van der Waals surface area contributed by atoms with Crippen LogP contribution >= 0.6 is 12.4 Å². The largest absolute Gasteiger partial charge is 0.350 e. The summed E-state index contributed by atoms with van der Waals surface area (Å²) in [7, 11) is 1.65. The highest BCUT2D eigenvalue weighted by atomic mass is 35.5. The van der Waals surface area contributed by atoms with Gasteiger partial charge in [0.15, 0.2) is 0 Å². The molecule has 0 radical (unpaired) electrons. The van der Waals surface area contributed by atoms with Gasteiger partial charge in [-0.2, -0.15) is 0 Å². The molecule has 0 spiro atoms. The number of hydrogen-bond acceptors (Lipinski definition) is 3. The highest BCUT2D eigenvalue weighted by Crippen LogP contribution is 2.21. The van der Waals surface area contributed by atoms with Crippen LogP contribution in [0.25, 0.3) is 0 Å². The third-order valence-corrected chi connectivity index (χ3v) is 4.07. The molecule has 1 aliphatic rings. The Morgan fingerprint density at radius 3 is 2.67 bits per heavy atom. The van der Waals surface area contributed by atoms with E-state index in [1.54, 1.807) is 20.0 Å². The molecule has 1 aliphatic heterocycles. The van der Waals surface area contributed by atoms with Gasteiger partial charge in [-0.25, -0.2) is 8.78 Å². The maximum Gasteiger partial charge on any atom is 0.254 e. The Morgan fingerprint density at radius 2 is 2.04 bits per heavy atom. The molecule has 3 atom stereocenters. The molecule has 5 nitrogen and oxygen atoms in total. The third kappa shape index (κ3) is 4.64. The highest BCUT2D eigenvalue weighted by molar-refractivity contribution is 5.94. The number of nitrogens with one attached hydrogen (secondary N) is 2. The Kier molecular flexibility index (Phi) is 7.57. The van der Waals surface area contributed by atoms with E-state index < -0.39 is 30.0 Å². The van der Waals surface area contributed by atoms with Crippen molar-refractivity contribution in [2.75, 3.05) is 20.1 Å². The van der Waals surface area contributed by atoms with Crippen LogP contribution in [-0.4, -0.2) is 55.1 Å². The molecule has 1 heterocycles. The van der Waals surface area contributed by atoms with E-state index in [-0.39, 0.29) is 43.4 Å². The van der Waals surface area contributed by atoms with Crippen molar-refractivity contribution >= 4 is 24.2 Å². The molecule has 0 bridgehead atoms. The second-order valence-corrected chi connectivity index (χ2v) is 5.68. The van der Waals surface area contributed by atoms with E-state index in [2.05, 4.69) is 10.6 Å². The summed E-state index contributed by atoms with van der Waals surface area (Å²) in [6.07, 6.45) is -0.946. The van der Waals surface area contributed by atoms with Gasteiger partial charge in [-0.15, -0.1) is 12.4 Å². The number of rotatable bonds is 5. The van der Waals surface area contributed by atoms with Crippen LogP contribution < -0.4 is 10.6 Å². The first-order chi connectivity index (χ1) is 10.9. The molecule has 1 saturated heterocycles. The first-order valence-corrected chi connectivity index (χ1v) is 7.58. The van der Waals surface area contributed by atoms with Crippen LogP contribution in [0, 0.1) is 5.82 Å². The minimum atomic E-state index is -1.11. The Bertz CT molecular complexity index is 588. The fourth-order valence-electron chi connectivity index (χ4n) is 2.65. The fraction of sp³-hybridized carbons (Fsp3) is 0.500. The van der Waals surface area contributed by atoms with E-state index in [0.717, 1.165) is 0 Å². The van der Waals surface area contributed by atoms with Crippen molar-refractivity contribution in [2.45, 2.75) is 31.6 Å². The number of benzene rings is 1. The molecule has 0 saturated carbocycles. The van der Waals surface area contributed by atoms with Gasteiger partial charge in [0.25, 0.3) is 5.91 Å². The number of nitrogens with zero attached hydrogens (tertiary/aromatic N) is 1. The first-order valence-electron chi connectivity index (χ1n) is 7.58. The van der Waals surface area contributed by atoms with E-state index in [0.29, 0.717) is 0 Å². The third-order valence-electron chi connectivity index (χ3n) is 4.07. The molecule has 0 aromatic heterocycles. The lowest BCUT2D eigenvalue weighted by Gasteiger charge is -2.27. The van der Waals surface area contributed by atoms with Crippen molar-refractivity contribution in [1.82, 2.24) is 15.5 Å². The van der Waals surface area contributed by atoms with Crippen molar-refractivity contribution in [2.24, 2.45) is 0 Å². The first kappa shape index (κ1) is 20.3. The molecule has 134 valence electrons. The Morgan fingerprint density at radius 1 is 1.38 bits per heavy atom. The van der Waals surface area contributed by atoms with Gasteiger partial charge >= 0.3 is 0 Å². The standard InChI is InChI=1S/C16H21F2N3O2.ClH/c1-10(19-2)16(23)21-9-11(17)7-12(21)8-20-15(22)13-5-3-4-6-14(13)18;/h3-6,10-12,19H,7-9H2,1-2H3,(H,20,22);1H/t10-,11-,12-;/m0./s1. The molecule has 2 rings (SSSR count). The molecule has 8 heteroatoms. The van der Waals surface area contributed by atoms with Crippen molar-refractivity contribution in [3.05, 3.63) is 35.6 Å². The molecule has 2 amide bonds. The van der Waals surface area contributed by atoms with Crippen LogP contribution in [0.4, 0.5) is 8.78 Å². The molecular formula is C16H22ClF2N3O2. The van der Waals surface area contributed by atoms with Crippen LogP contribution in [0.15, 0.2) is 24.3 Å².